The van der Waals surface area contributed by atoms with E-state index in [1.54, 1.807) is 35.4 Å². The Morgan fingerprint density at radius 2 is 1.96 bits per heavy atom. The minimum Gasteiger partial charge on any atom is -0.347 e. The van der Waals surface area contributed by atoms with E-state index in [0.717, 1.165) is 0 Å². The fraction of sp³-hybridized carbons (Fsp3) is 0.235. The first-order chi connectivity index (χ1) is 12.0. The van der Waals surface area contributed by atoms with Gasteiger partial charge in [-0.15, -0.1) is 0 Å². The van der Waals surface area contributed by atoms with Gasteiger partial charge in [-0.2, -0.15) is 10.2 Å². The maximum Gasteiger partial charge on any atom is 0.278 e. The van der Waals surface area contributed by atoms with E-state index in [0.29, 0.717) is 27.7 Å². The Morgan fingerprint density at radius 3 is 2.60 bits per heavy atom. The Bertz CT molecular complexity index is 1020. The SMILES string of the molecule is CN(C)c1ncc2nc(-c3ccc(Cl)cc3)c(=O)n(CCC#N)c2n1. The molecule has 3 rings (SSSR count). The molecule has 0 aliphatic heterocycles. The van der Waals surface area contributed by atoms with Gasteiger partial charge < -0.3 is 4.90 Å². The van der Waals surface area contributed by atoms with E-state index < -0.39 is 0 Å². The smallest absolute Gasteiger partial charge is 0.278 e. The van der Waals surface area contributed by atoms with Crippen LogP contribution in [0, 0.1) is 11.3 Å². The Labute approximate surface area is 149 Å². The number of rotatable bonds is 4. The normalized spacial score (nSPS) is 10.6. The maximum absolute atomic E-state index is 12.9. The van der Waals surface area contributed by atoms with Gasteiger partial charge >= 0.3 is 0 Å². The average Bonchev–Trinajstić information content (AvgIpc) is 2.61. The molecule has 0 aliphatic carbocycles. The summed E-state index contributed by atoms with van der Waals surface area (Å²) in [5.41, 5.74) is 1.54. The second-order valence-corrected chi connectivity index (χ2v) is 6.04. The molecule has 8 heteroatoms. The zero-order chi connectivity index (χ0) is 18.0. The van der Waals surface area contributed by atoms with Crippen LogP contribution in [0.15, 0.2) is 35.3 Å². The molecular formula is C17H15ClN6O. The first-order valence-electron chi connectivity index (χ1n) is 7.59. The van der Waals surface area contributed by atoms with Crippen LogP contribution in [0.1, 0.15) is 6.42 Å². The minimum atomic E-state index is -0.298. The van der Waals surface area contributed by atoms with Crippen molar-refractivity contribution < 1.29 is 0 Å². The van der Waals surface area contributed by atoms with Gasteiger partial charge in [0.2, 0.25) is 5.95 Å². The predicted octanol–water partition coefficient (Wildman–Crippen LogP) is 2.49. The lowest BCUT2D eigenvalue weighted by atomic mass is 10.1. The maximum atomic E-state index is 12.9. The van der Waals surface area contributed by atoms with Crippen molar-refractivity contribution in [3.05, 3.63) is 45.8 Å². The molecule has 0 fully saturated rings. The third kappa shape index (κ3) is 3.30. The average molecular weight is 355 g/mol. The summed E-state index contributed by atoms with van der Waals surface area (Å²) in [5.74, 6) is 0.471. The highest BCUT2D eigenvalue weighted by atomic mass is 35.5. The molecule has 0 unspecified atom stereocenters. The van der Waals surface area contributed by atoms with Crippen molar-refractivity contribution >= 4 is 28.7 Å². The van der Waals surface area contributed by atoms with Gasteiger partial charge in [0.15, 0.2) is 5.65 Å². The monoisotopic (exact) mass is 354 g/mol. The van der Waals surface area contributed by atoms with Crippen LogP contribution in [0.5, 0.6) is 0 Å². The molecule has 0 saturated carbocycles. The summed E-state index contributed by atoms with van der Waals surface area (Å²) in [6, 6.07) is 8.94. The van der Waals surface area contributed by atoms with Gasteiger partial charge in [0.1, 0.15) is 11.2 Å². The van der Waals surface area contributed by atoms with Crippen LogP contribution in [-0.2, 0) is 6.54 Å². The number of nitriles is 1. The third-order valence-electron chi connectivity index (χ3n) is 3.64. The molecule has 2 heterocycles. The predicted molar refractivity (Wildman–Crippen MR) is 96.6 cm³/mol. The standard InChI is InChI=1S/C17H15ClN6O/c1-23(2)17-20-10-13-15(22-17)24(9-3-8-19)16(25)14(21-13)11-4-6-12(18)7-5-11/h4-7,10H,3,9H2,1-2H3. The first-order valence-corrected chi connectivity index (χ1v) is 7.97. The molecule has 0 spiro atoms. The van der Waals surface area contributed by atoms with Gasteiger partial charge in [-0.1, -0.05) is 23.7 Å². The van der Waals surface area contributed by atoms with E-state index >= 15 is 0 Å². The fourth-order valence-electron chi connectivity index (χ4n) is 2.41. The van der Waals surface area contributed by atoms with Crippen LogP contribution in [0.3, 0.4) is 0 Å². The molecular weight excluding hydrogens is 340 g/mol. The third-order valence-corrected chi connectivity index (χ3v) is 3.89. The highest BCUT2D eigenvalue weighted by Gasteiger charge is 2.15. The van der Waals surface area contributed by atoms with Crippen LogP contribution >= 0.6 is 11.6 Å². The molecule has 126 valence electrons. The Morgan fingerprint density at radius 1 is 1.24 bits per heavy atom. The number of benzene rings is 1. The number of aromatic nitrogens is 4. The van der Waals surface area contributed by atoms with Crippen LogP contribution < -0.4 is 10.5 Å². The molecule has 2 aromatic heterocycles. The van der Waals surface area contributed by atoms with Crippen LogP contribution in [0.25, 0.3) is 22.4 Å². The number of fused-ring (bicyclic) bond motifs is 1. The van der Waals surface area contributed by atoms with E-state index in [2.05, 4.69) is 21.0 Å². The van der Waals surface area contributed by atoms with Crippen LogP contribution in [-0.4, -0.2) is 33.6 Å². The lowest BCUT2D eigenvalue weighted by molar-refractivity contribution is 0.701. The molecule has 0 saturated heterocycles. The summed E-state index contributed by atoms with van der Waals surface area (Å²) in [4.78, 5) is 27.8. The van der Waals surface area contributed by atoms with E-state index in [1.807, 2.05) is 14.1 Å². The number of nitrogens with zero attached hydrogens (tertiary/aromatic N) is 6. The van der Waals surface area contributed by atoms with Gasteiger partial charge in [0, 0.05) is 31.2 Å². The van der Waals surface area contributed by atoms with E-state index in [-0.39, 0.29) is 24.2 Å². The van der Waals surface area contributed by atoms with Crippen LogP contribution in [0.2, 0.25) is 5.02 Å². The van der Waals surface area contributed by atoms with E-state index in [1.165, 1.54) is 4.57 Å². The largest absolute Gasteiger partial charge is 0.347 e. The molecule has 0 aliphatic rings. The van der Waals surface area contributed by atoms with E-state index in [4.69, 9.17) is 16.9 Å². The molecule has 25 heavy (non-hydrogen) atoms. The van der Waals surface area contributed by atoms with E-state index in [9.17, 15) is 4.79 Å². The summed E-state index contributed by atoms with van der Waals surface area (Å²) in [6.45, 7) is 0.235. The van der Waals surface area contributed by atoms with Crippen LogP contribution in [0.4, 0.5) is 5.95 Å². The highest BCUT2D eigenvalue weighted by Crippen LogP contribution is 2.20. The second kappa shape index (κ2) is 6.87. The summed E-state index contributed by atoms with van der Waals surface area (Å²) in [6.07, 6.45) is 1.78. The Hall–Kier alpha value is -2.98. The second-order valence-electron chi connectivity index (χ2n) is 5.61. The molecule has 7 nitrogen and oxygen atoms in total. The lowest BCUT2D eigenvalue weighted by Crippen LogP contribution is -2.25. The summed E-state index contributed by atoms with van der Waals surface area (Å²) < 4.78 is 1.48. The Balaban J connectivity index is 2.28. The zero-order valence-electron chi connectivity index (χ0n) is 13.8. The molecule has 0 radical (unpaired) electrons. The first kappa shape index (κ1) is 16.9. The molecule has 1 aromatic carbocycles. The van der Waals surface area contributed by atoms with Crippen molar-refractivity contribution in [1.29, 1.82) is 5.26 Å². The zero-order valence-corrected chi connectivity index (χ0v) is 14.5. The molecule has 3 aromatic rings. The van der Waals surface area contributed by atoms with Crippen molar-refractivity contribution in [3.8, 4) is 17.3 Å². The van der Waals surface area contributed by atoms with Gasteiger partial charge in [-0.25, -0.2) is 9.97 Å². The van der Waals surface area contributed by atoms with Gasteiger partial charge in [0.25, 0.3) is 5.56 Å². The molecule has 0 atom stereocenters. The van der Waals surface area contributed by atoms with Crippen molar-refractivity contribution in [2.45, 2.75) is 13.0 Å². The quantitative estimate of drug-likeness (QED) is 0.715. The number of halogens is 1. The van der Waals surface area contributed by atoms with Gasteiger partial charge in [-0.3, -0.25) is 9.36 Å². The summed E-state index contributed by atoms with van der Waals surface area (Å²) in [5, 5.41) is 9.49. The van der Waals surface area contributed by atoms with Crippen molar-refractivity contribution in [3.63, 3.8) is 0 Å². The van der Waals surface area contributed by atoms with Crippen molar-refractivity contribution in [1.82, 2.24) is 19.5 Å². The molecule has 0 N–H and O–H groups in total. The minimum absolute atomic E-state index is 0.195. The molecule has 0 bridgehead atoms. The summed E-state index contributed by atoms with van der Waals surface area (Å²) in [7, 11) is 3.63. The number of hydrogen-bond acceptors (Lipinski definition) is 6. The molecule has 0 amide bonds. The number of hydrogen-bond donors (Lipinski definition) is 0. The van der Waals surface area contributed by atoms with Crippen molar-refractivity contribution in [2.75, 3.05) is 19.0 Å². The lowest BCUT2D eigenvalue weighted by Gasteiger charge is -2.14. The Kier molecular flexibility index (Phi) is 4.63. The number of anilines is 1. The van der Waals surface area contributed by atoms with Gasteiger partial charge in [-0.05, 0) is 12.1 Å². The van der Waals surface area contributed by atoms with Crippen molar-refractivity contribution in [2.24, 2.45) is 0 Å². The number of aryl methyl sites for hydroxylation is 1. The fourth-order valence-corrected chi connectivity index (χ4v) is 2.53. The summed E-state index contributed by atoms with van der Waals surface area (Å²) >= 11 is 5.92. The van der Waals surface area contributed by atoms with Gasteiger partial charge in [0.05, 0.1) is 18.7 Å². The topological polar surface area (TPSA) is 87.7 Å². The highest BCUT2D eigenvalue weighted by molar-refractivity contribution is 6.30.